The number of thioether (sulfide) groups is 1. The van der Waals surface area contributed by atoms with E-state index in [4.69, 9.17) is 0 Å². The third-order valence-corrected chi connectivity index (χ3v) is 6.21. The molecule has 1 heterocycles. The monoisotopic (exact) mass is 471 g/mol. The average Bonchev–Trinajstić information content (AvgIpc) is 3.22. The molecule has 8 heteroatoms. The van der Waals surface area contributed by atoms with Crippen LogP contribution in [-0.4, -0.2) is 32.3 Å². The van der Waals surface area contributed by atoms with E-state index in [0.29, 0.717) is 23.0 Å². The smallest absolute Gasteiger partial charge is 0.253 e. The number of carbonyl (C=O) groups excluding carboxylic acids is 2. The molecule has 0 saturated heterocycles. The Hall–Kier alpha value is -3.91. The second-order valence-corrected chi connectivity index (χ2v) is 8.73. The number of hydrogen-bond donors (Lipinski definition) is 2. The highest BCUT2D eigenvalue weighted by Gasteiger charge is 2.16. The van der Waals surface area contributed by atoms with Crippen molar-refractivity contribution >= 4 is 29.3 Å². The average molecular weight is 472 g/mol. The van der Waals surface area contributed by atoms with Crippen LogP contribution in [0.5, 0.6) is 0 Å². The quantitative estimate of drug-likeness (QED) is 0.371. The first kappa shape index (κ1) is 23.3. The lowest BCUT2D eigenvalue weighted by molar-refractivity contribution is -0.113. The Morgan fingerprint density at radius 1 is 0.941 bits per heavy atom. The molecule has 0 aliphatic rings. The molecule has 0 aliphatic carbocycles. The SMILES string of the molecule is Cc1cccc(-c2nnc(SCC(=O)Nc3ccccc3C(=O)NCc3ccccc3)n2C)c1. The molecule has 0 aliphatic heterocycles. The lowest BCUT2D eigenvalue weighted by Crippen LogP contribution is -2.25. The van der Waals surface area contributed by atoms with E-state index in [2.05, 4.69) is 20.8 Å². The molecular formula is C26H25N5O2S. The summed E-state index contributed by atoms with van der Waals surface area (Å²) in [4.78, 5) is 25.4. The Morgan fingerprint density at radius 3 is 2.50 bits per heavy atom. The standard InChI is InChI=1S/C26H25N5O2S/c1-18-9-8-12-20(15-18)24-29-30-26(31(24)2)34-17-23(32)28-22-14-7-6-13-21(22)25(33)27-16-19-10-4-3-5-11-19/h3-15H,16-17H2,1-2H3,(H,27,33)(H,28,32). The van der Waals surface area contributed by atoms with Gasteiger partial charge in [-0.05, 0) is 30.7 Å². The molecule has 0 bridgehead atoms. The van der Waals surface area contributed by atoms with E-state index in [1.54, 1.807) is 24.3 Å². The van der Waals surface area contributed by atoms with Gasteiger partial charge in [0, 0.05) is 19.2 Å². The van der Waals surface area contributed by atoms with Crippen molar-refractivity contribution in [3.8, 4) is 11.4 Å². The number of para-hydroxylation sites is 1. The van der Waals surface area contributed by atoms with Gasteiger partial charge in [0.25, 0.3) is 5.91 Å². The van der Waals surface area contributed by atoms with E-state index in [1.807, 2.05) is 73.1 Å². The topological polar surface area (TPSA) is 88.9 Å². The van der Waals surface area contributed by atoms with Gasteiger partial charge >= 0.3 is 0 Å². The predicted octanol–water partition coefficient (Wildman–Crippen LogP) is 4.45. The summed E-state index contributed by atoms with van der Waals surface area (Å²) >= 11 is 1.29. The van der Waals surface area contributed by atoms with Crippen molar-refractivity contribution in [2.75, 3.05) is 11.1 Å². The van der Waals surface area contributed by atoms with Crippen LogP contribution in [0.4, 0.5) is 5.69 Å². The lowest BCUT2D eigenvalue weighted by atomic mass is 10.1. The first-order chi connectivity index (χ1) is 16.5. The van der Waals surface area contributed by atoms with Gasteiger partial charge in [0.2, 0.25) is 5.91 Å². The van der Waals surface area contributed by atoms with Crippen molar-refractivity contribution in [2.45, 2.75) is 18.6 Å². The van der Waals surface area contributed by atoms with Crippen LogP contribution >= 0.6 is 11.8 Å². The normalized spacial score (nSPS) is 10.6. The van der Waals surface area contributed by atoms with Crippen molar-refractivity contribution in [1.82, 2.24) is 20.1 Å². The fourth-order valence-electron chi connectivity index (χ4n) is 3.46. The number of anilines is 1. The Morgan fingerprint density at radius 2 is 1.71 bits per heavy atom. The number of benzene rings is 3. The van der Waals surface area contributed by atoms with Crippen LogP contribution in [0.3, 0.4) is 0 Å². The van der Waals surface area contributed by atoms with E-state index in [9.17, 15) is 9.59 Å². The highest BCUT2D eigenvalue weighted by molar-refractivity contribution is 7.99. The number of rotatable bonds is 8. The summed E-state index contributed by atoms with van der Waals surface area (Å²) < 4.78 is 1.87. The number of carbonyl (C=O) groups is 2. The Bertz CT molecular complexity index is 1300. The molecular weight excluding hydrogens is 446 g/mol. The van der Waals surface area contributed by atoms with Gasteiger partial charge in [-0.1, -0.05) is 78.0 Å². The molecule has 0 atom stereocenters. The van der Waals surface area contributed by atoms with Crippen molar-refractivity contribution in [3.63, 3.8) is 0 Å². The highest BCUT2D eigenvalue weighted by atomic mass is 32.2. The van der Waals surface area contributed by atoms with Gasteiger partial charge in [0.1, 0.15) is 0 Å². The minimum absolute atomic E-state index is 0.139. The maximum atomic E-state index is 12.7. The maximum Gasteiger partial charge on any atom is 0.253 e. The van der Waals surface area contributed by atoms with Gasteiger partial charge in [-0.25, -0.2) is 0 Å². The van der Waals surface area contributed by atoms with Crippen molar-refractivity contribution < 1.29 is 9.59 Å². The minimum Gasteiger partial charge on any atom is -0.348 e. The van der Waals surface area contributed by atoms with E-state index in [1.165, 1.54) is 11.8 Å². The molecule has 34 heavy (non-hydrogen) atoms. The second-order valence-electron chi connectivity index (χ2n) is 7.79. The fourth-order valence-corrected chi connectivity index (χ4v) is 4.17. The molecule has 3 aromatic carbocycles. The van der Waals surface area contributed by atoms with Gasteiger partial charge in [-0.15, -0.1) is 10.2 Å². The molecule has 2 amide bonds. The van der Waals surface area contributed by atoms with Gasteiger partial charge in [0.15, 0.2) is 11.0 Å². The molecule has 4 aromatic rings. The Labute approximate surface area is 202 Å². The number of amides is 2. The van der Waals surface area contributed by atoms with Crippen LogP contribution in [0, 0.1) is 6.92 Å². The number of nitrogens with one attached hydrogen (secondary N) is 2. The molecule has 0 radical (unpaired) electrons. The number of aromatic nitrogens is 3. The summed E-state index contributed by atoms with van der Waals surface area (Å²) in [6.45, 7) is 2.44. The van der Waals surface area contributed by atoms with Crippen LogP contribution in [0.25, 0.3) is 11.4 Å². The molecule has 0 unspecified atom stereocenters. The zero-order chi connectivity index (χ0) is 23.9. The molecule has 172 valence electrons. The van der Waals surface area contributed by atoms with E-state index in [-0.39, 0.29) is 17.6 Å². The molecule has 1 aromatic heterocycles. The van der Waals surface area contributed by atoms with Crippen LogP contribution in [-0.2, 0) is 18.4 Å². The third kappa shape index (κ3) is 5.71. The molecule has 0 saturated carbocycles. The van der Waals surface area contributed by atoms with Gasteiger partial charge in [-0.3, -0.25) is 9.59 Å². The van der Waals surface area contributed by atoms with Gasteiger partial charge < -0.3 is 15.2 Å². The summed E-state index contributed by atoms with van der Waals surface area (Å²) in [5, 5.41) is 14.9. The summed E-state index contributed by atoms with van der Waals surface area (Å²) in [5.74, 6) is 0.406. The van der Waals surface area contributed by atoms with Crippen LogP contribution in [0.15, 0.2) is 84.0 Å². The zero-order valence-corrected chi connectivity index (χ0v) is 19.8. The Balaban J connectivity index is 1.37. The zero-order valence-electron chi connectivity index (χ0n) is 19.0. The van der Waals surface area contributed by atoms with E-state index in [0.717, 1.165) is 22.5 Å². The van der Waals surface area contributed by atoms with Crippen molar-refractivity contribution in [2.24, 2.45) is 7.05 Å². The number of hydrogen-bond acceptors (Lipinski definition) is 5. The summed E-state index contributed by atoms with van der Waals surface area (Å²) in [7, 11) is 1.88. The second kappa shape index (κ2) is 10.8. The third-order valence-electron chi connectivity index (χ3n) is 5.19. The number of nitrogens with zero attached hydrogens (tertiary/aromatic N) is 3. The minimum atomic E-state index is -0.247. The van der Waals surface area contributed by atoms with E-state index < -0.39 is 0 Å². The van der Waals surface area contributed by atoms with Crippen molar-refractivity contribution in [1.29, 1.82) is 0 Å². The summed E-state index contributed by atoms with van der Waals surface area (Å²) in [6.07, 6.45) is 0. The van der Waals surface area contributed by atoms with Crippen LogP contribution < -0.4 is 10.6 Å². The van der Waals surface area contributed by atoms with Crippen LogP contribution in [0.2, 0.25) is 0 Å². The fraction of sp³-hybridized carbons (Fsp3) is 0.154. The van der Waals surface area contributed by atoms with Crippen LogP contribution in [0.1, 0.15) is 21.5 Å². The lowest BCUT2D eigenvalue weighted by Gasteiger charge is -2.11. The van der Waals surface area contributed by atoms with Gasteiger partial charge in [-0.2, -0.15) is 0 Å². The molecule has 4 rings (SSSR count). The maximum absolute atomic E-state index is 12.7. The summed E-state index contributed by atoms with van der Waals surface area (Å²) in [5.41, 5.74) is 4.00. The number of aryl methyl sites for hydroxylation is 1. The van der Waals surface area contributed by atoms with Crippen molar-refractivity contribution in [3.05, 3.63) is 95.6 Å². The molecule has 0 fully saturated rings. The first-order valence-corrected chi connectivity index (χ1v) is 11.8. The van der Waals surface area contributed by atoms with Gasteiger partial charge in [0.05, 0.1) is 17.0 Å². The largest absolute Gasteiger partial charge is 0.348 e. The molecule has 0 spiro atoms. The molecule has 7 nitrogen and oxygen atoms in total. The summed E-state index contributed by atoms with van der Waals surface area (Å²) in [6, 6.07) is 24.7. The highest BCUT2D eigenvalue weighted by Crippen LogP contribution is 2.24. The Kier molecular flexibility index (Phi) is 7.39. The molecule has 2 N–H and O–H groups in total. The van der Waals surface area contributed by atoms with E-state index >= 15 is 0 Å². The predicted molar refractivity (Wildman–Crippen MR) is 135 cm³/mol. The first-order valence-electron chi connectivity index (χ1n) is 10.8.